The Bertz CT molecular complexity index is 901. The summed E-state index contributed by atoms with van der Waals surface area (Å²) in [5.41, 5.74) is 5.58. The lowest BCUT2D eigenvalue weighted by Crippen LogP contribution is -1.83. The van der Waals surface area contributed by atoms with E-state index in [9.17, 15) is 0 Å². The van der Waals surface area contributed by atoms with Gasteiger partial charge in [-0.25, -0.2) is 0 Å². The van der Waals surface area contributed by atoms with E-state index in [2.05, 4.69) is 77.8 Å². The Morgan fingerprint density at radius 1 is 0.720 bits per heavy atom. The first-order chi connectivity index (χ1) is 12.3. The molecular weight excluding hydrogens is 324 g/mol. The van der Waals surface area contributed by atoms with Crippen LogP contribution in [0.1, 0.15) is 5.56 Å². The molecule has 0 atom stereocenters. The van der Waals surface area contributed by atoms with Crippen molar-refractivity contribution in [3.63, 3.8) is 0 Å². The summed E-state index contributed by atoms with van der Waals surface area (Å²) in [6, 6.07) is 29.3. The number of benzene rings is 3. The van der Waals surface area contributed by atoms with E-state index in [1.54, 1.807) is 11.8 Å². The van der Waals surface area contributed by atoms with Gasteiger partial charge in [0.2, 0.25) is 0 Å². The van der Waals surface area contributed by atoms with Crippen LogP contribution in [0.3, 0.4) is 0 Å². The summed E-state index contributed by atoms with van der Waals surface area (Å²) in [6.07, 6.45) is 0. The van der Waals surface area contributed by atoms with Gasteiger partial charge in [-0.2, -0.15) is 5.10 Å². The van der Waals surface area contributed by atoms with Crippen molar-refractivity contribution in [1.29, 1.82) is 0 Å². The monoisotopic (exact) mass is 342 g/mol. The predicted molar refractivity (Wildman–Crippen MR) is 105 cm³/mol. The summed E-state index contributed by atoms with van der Waals surface area (Å²) in [7, 11) is 0. The SMILES string of the molecule is Cc1ccc(Sc2c(-c3ccccc3)n[nH]c2-c2ccccc2)cc1. The normalized spacial score (nSPS) is 10.8. The molecule has 1 N–H and O–H groups in total. The Hall–Kier alpha value is -2.78. The second kappa shape index (κ2) is 6.99. The van der Waals surface area contributed by atoms with Crippen molar-refractivity contribution >= 4 is 11.8 Å². The highest BCUT2D eigenvalue weighted by Gasteiger charge is 2.17. The summed E-state index contributed by atoms with van der Waals surface area (Å²) in [4.78, 5) is 2.36. The van der Waals surface area contributed by atoms with Crippen molar-refractivity contribution < 1.29 is 0 Å². The fourth-order valence-electron chi connectivity index (χ4n) is 2.75. The fourth-order valence-corrected chi connectivity index (χ4v) is 3.78. The number of H-pyrrole nitrogens is 1. The molecule has 0 fully saturated rings. The predicted octanol–water partition coefficient (Wildman–Crippen LogP) is 6.20. The van der Waals surface area contributed by atoms with Crippen LogP contribution in [0.25, 0.3) is 22.5 Å². The molecule has 0 aliphatic carbocycles. The third-order valence-electron chi connectivity index (χ3n) is 4.07. The van der Waals surface area contributed by atoms with Crippen LogP contribution in [0.2, 0.25) is 0 Å². The van der Waals surface area contributed by atoms with Crippen LogP contribution in [0, 0.1) is 6.92 Å². The van der Waals surface area contributed by atoms with E-state index < -0.39 is 0 Å². The largest absolute Gasteiger partial charge is 0.276 e. The Kier molecular flexibility index (Phi) is 4.40. The van der Waals surface area contributed by atoms with E-state index in [1.807, 2.05) is 24.3 Å². The van der Waals surface area contributed by atoms with Crippen molar-refractivity contribution in [2.24, 2.45) is 0 Å². The Labute approximate surface area is 151 Å². The molecule has 1 heterocycles. The van der Waals surface area contributed by atoms with Crippen LogP contribution in [-0.4, -0.2) is 10.2 Å². The second-order valence-corrected chi connectivity index (χ2v) is 7.01. The van der Waals surface area contributed by atoms with Crippen LogP contribution in [0.15, 0.2) is 94.7 Å². The highest BCUT2D eigenvalue weighted by molar-refractivity contribution is 7.99. The maximum atomic E-state index is 4.63. The lowest BCUT2D eigenvalue weighted by atomic mass is 10.1. The Morgan fingerprint density at radius 2 is 1.32 bits per heavy atom. The zero-order valence-corrected chi connectivity index (χ0v) is 14.8. The van der Waals surface area contributed by atoms with Gasteiger partial charge in [-0.15, -0.1) is 0 Å². The molecule has 3 heteroatoms. The molecule has 0 spiro atoms. The third-order valence-corrected chi connectivity index (χ3v) is 5.18. The number of aromatic nitrogens is 2. The van der Waals surface area contributed by atoms with Crippen LogP contribution >= 0.6 is 11.8 Å². The smallest absolute Gasteiger partial charge is 0.107 e. The number of aryl methyl sites for hydroxylation is 1. The Balaban J connectivity index is 1.83. The van der Waals surface area contributed by atoms with Gasteiger partial charge in [0.1, 0.15) is 5.69 Å². The summed E-state index contributed by atoms with van der Waals surface area (Å²) < 4.78 is 0. The van der Waals surface area contributed by atoms with Gasteiger partial charge in [-0.1, -0.05) is 90.1 Å². The first kappa shape index (κ1) is 15.7. The van der Waals surface area contributed by atoms with Crippen molar-refractivity contribution in [2.75, 3.05) is 0 Å². The molecule has 122 valence electrons. The van der Waals surface area contributed by atoms with Gasteiger partial charge < -0.3 is 0 Å². The van der Waals surface area contributed by atoms with Crippen molar-refractivity contribution in [3.05, 3.63) is 90.5 Å². The van der Waals surface area contributed by atoms with Gasteiger partial charge in [-0.3, -0.25) is 5.10 Å². The van der Waals surface area contributed by atoms with Gasteiger partial charge in [0.25, 0.3) is 0 Å². The number of nitrogens with zero attached hydrogens (tertiary/aromatic N) is 1. The molecular formula is C22H18N2S. The van der Waals surface area contributed by atoms with Gasteiger partial charge in [0.05, 0.1) is 10.6 Å². The van der Waals surface area contributed by atoms with Gasteiger partial charge >= 0.3 is 0 Å². The molecule has 2 nitrogen and oxygen atoms in total. The summed E-state index contributed by atoms with van der Waals surface area (Å²) in [6.45, 7) is 2.11. The molecule has 1 aromatic heterocycles. The maximum Gasteiger partial charge on any atom is 0.107 e. The first-order valence-corrected chi connectivity index (χ1v) is 9.06. The Morgan fingerprint density at radius 3 is 1.96 bits per heavy atom. The van der Waals surface area contributed by atoms with E-state index >= 15 is 0 Å². The molecule has 25 heavy (non-hydrogen) atoms. The number of nitrogens with one attached hydrogen (secondary N) is 1. The van der Waals surface area contributed by atoms with Crippen LogP contribution in [-0.2, 0) is 0 Å². The van der Waals surface area contributed by atoms with E-state index in [1.165, 1.54) is 10.5 Å². The molecule has 0 radical (unpaired) electrons. The maximum absolute atomic E-state index is 4.63. The van der Waals surface area contributed by atoms with Crippen molar-refractivity contribution in [2.45, 2.75) is 16.7 Å². The molecule has 0 saturated carbocycles. The summed E-state index contributed by atoms with van der Waals surface area (Å²) >= 11 is 1.75. The van der Waals surface area contributed by atoms with Gasteiger partial charge in [0.15, 0.2) is 0 Å². The highest BCUT2D eigenvalue weighted by atomic mass is 32.2. The zero-order valence-electron chi connectivity index (χ0n) is 13.9. The third kappa shape index (κ3) is 3.37. The standard InChI is InChI=1S/C22H18N2S/c1-16-12-14-19(15-13-16)25-22-20(17-8-4-2-5-9-17)23-24-21(22)18-10-6-3-7-11-18/h2-15H,1H3,(H,23,24). The van der Waals surface area contributed by atoms with Crippen molar-refractivity contribution in [3.8, 4) is 22.5 Å². The minimum Gasteiger partial charge on any atom is -0.276 e. The number of rotatable bonds is 4. The lowest BCUT2D eigenvalue weighted by molar-refractivity contribution is 1.10. The van der Waals surface area contributed by atoms with E-state index in [0.717, 1.165) is 27.4 Å². The molecule has 0 bridgehead atoms. The minimum absolute atomic E-state index is 0.991. The molecule has 0 saturated heterocycles. The van der Waals surface area contributed by atoms with Crippen molar-refractivity contribution in [1.82, 2.24) is 10.2 Å². The molecule has 0 aliphatic heterocycles. The van der Waals surface area contributed by atoms with E-state index in [4.69, 9.17) is 0 Å². The molecule has 4 rings (SSSR count). The summed E-state index contributed by atoms with van der Waals surface area (Å²) in [5, 5.41) is 7.88. The topological polar surface area (TPSA) is 28.7 Å². The van der Waals surface area contributed by atoms with Gasteiger partial charge in [-0.05, 0) is 19.1 Å². The van der Waals surface area contributed by atoms with Crippen LogP contribution < -0.4 is 0 Å². The molecule has 0 aliphatic rings. The molecule has 4 aromatic rings. The molecule has 3 aromatic carbocycles. The number of hydrogen-bond acceptors (Lipinski definition) is 2. The van der Waals surface area contributed by atoms with E-state index in [-0.39, 0.29) is 0 Å². The molecule has 0 amide bonds. The van der Waals surface area contributed by atoms with E-state index in [0.29, 0.717) is 0 Å². The average molecular weight is 342 g/mol. The number of hydrogen-bond donors (Lipinski definition) is 1. The minimum atomic E-state index is 0.991. The quantitative estimate of drug-likeness (QED) is 0.478. The zero-order chi connectivity index (χ0) is 17.1. The van der Waals surface area contributed by atoms with Crippen LogP contribution in [0.5, 0.6) is 0 Å². The lowest BCUT2D eigenvalue weighted by Gasteiger charge is -2.07. The van der Waals surface area contributed by atoms with Crippen LogP contribution in [0.4, 0.5) is 0 Å². The average Bonchev–Trinajstić information content (AvgIpc) is 3.08. The van der Waals surface area contributed by atoms with Gasteiger partial charge in [0, 0.05) is 16.0 Å². The number of aromatic amines is 1. The fraction of sp³-hybridized carbons (Fsp3) is 0.0455. The summed E-state index contributed by atoms with van der Waals surface area (Å²) in [5.74, 6) is 0. The molecule has 0 unspecified atom stereocenters. The second-order valence-electron chi connectivity index (χ2n) is 5.92. The first-order valence-electron chi connectivity index (χ1n) is 8.25. The highest BCUT2D eigenvalue weighted by Crippen LogP contribution is 2.41.